The van der Waals surface area contributed by atoms with Crippen molar-refractivity contribution in [2.75, 3.05) is 44.4 Å². The number of likely N-dealkylation sites (N-methyl/N-ethyl adjacent to an activating group) is 1. The lowest BCUT2D eigenvalue weighted by atomic mass is 10.0. The molecule has 3 rings (SSSR count). The van der Waals surface area contributed by atoms with Crippen LogP contribution in [0.15, 0.2) is 52.3 Å². The number of nitrogens with one attached hydrogen (secondary N) is 1. The quantitative estimate of drug-likeness (QED) is 0.717. The number of hydrogen-bond acceptors (Lipinski definition) is 6. The Balaban J connectivity index is 1.86. The normalized spacial score (nSPS) is 17.1. The van der Waals surface area contributed by atoms with Crippen molar-refractivity contribution in [2.24, 2.45) is 0 Å². The topological polar surface area (TPSA) is 86.8 Å². The van der Waals surface area contributed by atoms with E-state index < -0.39 is 31.7 Å². The Bertz CT molecular complexity index is 1110. The molecule has 1 saturated heterocycles. The molecule has 1 heterocycles. The minimum Gasteiger partial charge on any atom is -0.369 e. The average Bonchev–Trinajstić information content (AvgIpc) is 2.68. The van der Waals surface area contributed by atoms with Crippen LogP contribution >= 0.6 is 0 Å². The fraction of sp³-hybridized carbons (Fsp3) is 0.400. The Morgan fingerprint density at radius 3 is 2.07 bits per heavy atom. The molecule has 0 amide bonds. The largest absolute Gasteiger partial charge is 0.369 e. The third-order valence-corrected chi connectivity index (χ3v) is 7.88. The summed E-state index contributed by atoms with van der Waals surface area (Å²) in [4.78, 5) is 4.31. The van der Waals surface area contributed by atoms with Crippen molar-refractivity contribution in [2.45, 2.75) is 22.8 Å². The standard InChI is InChI=1S/C20H26FN3O4S2/c1-15(22-30(27,28)18-7-5-17(6-8-18)29(3,25)26)19-14-16(21)4-9-20(19)24-12-10-23(2)11-13-24/h4-9,14-15,22H,10-13H2,1-3H3. The van der Waals surface area contributed by atoms with Crippen molar-refractivity contribution in [3.8, 4) is 0 Å². The van der Waals surface area contributed by atoms with Gasteiger partial charge >= 0.3 is 0 Å². The number of anilines is 1. The van der Waals surface area contributed by atoms with Crippen LogP contribution < -0.4 is 9.62 Å². The molecular weight excluding hydrogens is 429 g/mol. The van der Waals surface area contributed by atoms with Gasteiger partial charge in [0.25, 0.3) is 0 Å². The molecule has 2 aromatic rings. The van der Waals surface area contributed by atoms with Crippen molar-refractivity contribution in [1.82, 2.24) is 9.62 Å². The van der Waals surface area contributed by atoms with Gasteiger partial charge in [-0.3, -0.25) is 0 Å². The number of piperazine rings is 1. The summed E-state index contributed by atoms with van der Waals surface area (Å²) in [7, 11) is -5.32. The van der Waals surface area contributed by atoms with Gasteiger partial charge in [0.05, 0.1) is 9.79 Å². The van der Waals surface area contributed by atoms with Gasteiger partial charge in [0, 0.05) is 44.2 Å². The van der Waals surface area contributed by atoms with E-state index in [1.165, 1.54) is 36.4 Å². The van der Waals surface area contributed by atoms with Gasteiger partial charge in [0.15, 0.2) is 9.84 Å². The molecule has 30 heavy (non-hydrogen) atoms. The zero-order valence-corrected chi connectivity index (χ0v) is 18.8. The predicted molar refractivity (Wildman–Crippen MR) is 114 cm³/mol. The van der Waals surface area contributed by atoms with Crippen LogP contribution in [0.1, 0.15) is 18.5 Å². The van der Waals surface area contributed by atoms with Crippen LogP contribution in [0.5, 0.6) is 0 Å². The fourth-order valence-corrected chi connectivity index (χ4v) is 5.29. The van der Waals surface area contributed by atoms with Crippen molar-refractivity contribution < 1.29 is 21.2 Å². The molecule has 2 aromatic carbocycles. The molecule has 1 unspecified atom stereocenters. The Hall–Kier alpha value is -2.01. The second-order valence-corrected chi connectivity index (χ2v) is 11.3. The number of halogens is 1. The van der Waals surface area contributed by atoms with E-state index in [0.717, 1.165) is 38.1 Å². The molecule has 1 atom stereocenters. The maximum Gasteiger partial charge on any atom is 0.241 e. The lowest BCUT2D eigenvalue weighted by Gasteiger charge is -2.36. The summed E-state index contributed by atoms with van der Waals surface area (Å²) in [6.45, 7) is 4.92. The summed E-state index contributed by atoms with van der Waals surface area (Å²) in [6.07, 6.45) is 1.06. The van der Waals surface area contributed by atoms with E-state index in [1.807, 2.05) is 7.05 Å². The first-order valence-electron chi connectivity index (χ1n) is 9.53. The van der Waals surface area contributed by atoms with Crippen LogP contribution in [0.3, 0.4) is 0 Å². The Morgan fingerprint density at radius 1 is 0.933 bits per heavy atom. The number of hydrogen-bond donors (Lipinski definition) is 1. The highest BCUT2D eigenvalue weighted by Gasteiger charge is 2.24. The van der Waals surface area contributed by atoms with E-state index in [1.54, 1.807) is 13.0 Å². The molecule has 0 saturated carbocycles. The molecule has 1 fully saturated rings. The van der Waals surface area contributed by atoms with Gasteiger partial charge in [0.1, 0.15) is 5.82 Å². The van der Waals surface area contributed by atoms with Gasteiger partial charge in [-0.25, -0.2) is 25.9 Å². The van der Waals surface area contributed by atoms with Crippen LogP contribution in [0, 0.1) is 5.82 Å². The summed E-state index contributed by atoms with van der Waals surface area (Å²) in [5.74, 6) is -0.438. The van der Waals surface area contributed by atoms with Crippen molar-refractivity contribution in [1.29, 1.82) is 0 Å². The fourth-order valence-electron chi connectivity index (χ4n) is 3.44. The van der Waals surface area contributed by atoms with Crippen molar-refractivity contribution in [3.05, 3.63) is 53.8 Å². The first kappa shape index (κ1) is 22.7. The smallest absolute Gasteiger partial charge is 0.241 e. The zero-order valence-electron chi connectivity index (χ0n) is 17.2. The lowest BCUT2D eigenvalue weighted by molar-refractivity contribution is 0.312. The Kier molecular flexibility index (Phi) is 6.51. The number of benzene rings is 2. The molecule has 0 spiro atoms. The van der Waals surface area contributed by atoms with Crippen LogP contribution in [0.4, 0.5) is 10.1 Å². The highest BCUT2D eigenvalue weighted by molar-refractivity contribution is 7.90. The van der Waals surface area contributed by atoms with Gasteiger partial charge in [-0.1, -0.05) is 0 Å². The highest BCUT2D eigenvalue weighted by atomic mass is 32.2. The lowest BCUT2D eigenvalue weighted by Crippen LogP contribution is -2.45. The Labute approximate surface area is 177 Å². The number of sulfone groups is 1. The number of sulfonamides is 1. The molecule has 0 aliphatic carbocycles. The van der Waals surface area contributed by atoms with E-state index in [4.69, 9.17) is 0 Å². The van der Waals surface area contributed by atoms with Gasteiger partial charge in [0.2, 0.25) is 10.0 Å². The molecular formula is C20H26FN3O4S2. The summed E-state index contributed by atoms with van der Waals surface area (Å²) in [5.41, 5.74) is 1.35. The molecule has 0 aromatic heterocycles. The van der Waals surface area contributed by atoms with E-state index in [0.29, 0.717) is 5.56 Å². The van der Waals surface area contributed by atoms with E-state index >= 15 is 0 Å². The van der Waals surface area contributed by atoms with E-state index in [9.17, 15) is 21.2 Å². The SMILES string of the molecule is CC(NS(=O)(=O)c1ccc(S(C)(=O)=O)cc1)c1cc(F)ccc1N1CCN(C)CC1. The van der Waals surface area contributed by atoms with Gasteiger partial charge in [-0.05, 0) is 62.0 Å². The number of nitrogens with zero attached hydrogens (tertiary/aromatic N) is 2. The van der Waals surface area contributed by atoms with Gasteiger partial charge in [-0.15, -0.1) is 0 Å². The van der Waals surface area contributed by atoms with Crippen LogP contribution in [-0.4, -0.2) is 61.2 Å². The average molecular weight is 456 g/mol. The first-order valence-corrected chi connectivity index (χ1v) is 12.9. The Morgan fingerprint density at radius 2 is 1.50 bits per heavy atom. The highest BCUT2D eigenvalue weighted by Crippen LogP contribution is 2.29. The van der Waals surface area contributed by atoms with Crippen LogP contribution in [-0.2, 0) is 19.9 Å². The third kappa shape index (κ3) is 5.18. The van der Waals surface area contributed by atoms with Crippen LogP contribution in [0.25, 0.3) is 0 Å². The van der Waals surface area contributed by atoms with Crippen LogP contribution in [0.2, 0.25) is 0 Å². The molecule has 7 nitrogen and oxygen atoms in total. The monoisotopic (exact) mass is 455 g/mol. The molecule has 164 valence electrons. The number of rotatable bonds is 6. The molecule has 1 N–H and O–H groups in total. The molecule has 1 aliphatic rings. The third-order valence-electron chi connectivity index (χ3n) is 5.19. The summed E-state index contributed by atoms with van der Waals surface area (Å²) in [5, 5.41) is 0. The summed E-state index contributed by atoms with van der Waals surface area (Å²) < 4.78 is 65.4. The molecule has 0 radical (unpaired) electrons. The van der Waals surface area contributed by atoms with Crippen molar-refractivity contribution >= 4 is 25.5 Å². The van der Waals surface area contributed by atoms with E-state index in [2.05, 4.69) is 14.5 Å². The predicted octanol–water partition coefficient (Wildman–Crippen LogP) is 2.02. The maximum atomic E-state index is 14.0. The second-order valence-electron chi connectivity index (χ2n) is 7.58. The summed E-state index contributed by atoms with van der Waals surface area (Å²) >= 11 is 0. The molecule has 0 bridgehead atoms. The van der Waals surface area contributed by atoms with E-state index in [-0.39, 0.29) is 9.79 Å². The zero-order chi connectivity index (χ0) is 22.1. The summed E-state index contributed by atoms with van der Waals surface area (Å²) in [6, 6.07) is 8.74. The first-order chi connectivity index (χ1) is 14.0. The van der Waals surface area contributed by atoms with Gasteiger partial charge in [-0.2, -0.15) is 0 Å². The second kappa shape index (κ2) is 8.62. The molecule has 10 heteroatoms. The maximum absolute atomic E-state index is 14.0. The minimum atomic E-state index is -3.93. The van der Waals surface area contributed by atoms with Gasteiger partial charge < -0.3 is 9.80 Å². The molecule has 1 aliphatic heterocycles. The van der Waals surface area contributed by atoms with Crippen molar-refractivity contribution in [3.63, 3.8) is 0 Å². The minimum absolute atomic E-state index is 0.0389.